The van der Waals surface area contributed by atoms with Gasteiger partial charge in [-0.25, -0.2) is 4.39 Å². The van der Waals surface area contributed by atoms with Gasteiger partial charge < -0.3 is 10.1 Å². The summed E-state index contributed by atoms with van der Waals surface area (Å²) in [7, 11) is 1.59. The van der Waals surface area contributed by atoms with Crippen molar-refractivity contribution in [1.29, 1.82) is 0 Å². The van der Waals surface area contributed by atoms with Gasteiger partial charge in [0.25, 0.3) is 5.69 Å². The van der Waals surface area contributed by atoms with Crippen LogP contribution in [0.15, 0.2) is 42.5 Å². The first-order chi connectivity index (χ1) is 9.60. The van der Waals surface area contributed by atoms with Crippen LogP contribution in [0.25, 0.3) is 0 Å². The number of ether oxygens (including phenoxy) is 1. The third-order valence-electron chi connectivity index (χ3n) is 2.68. The molecule has 0 aromatic heterocycles. The largest absolute Gasteiger partial charge is 0.380 e. The smallest absolute Gasteiger partial charge is 0.272 e. The Morgan fingerprint density at radius 2 is 2.10 bits per heavy atom. The van der Waals surface area contributed by atoms with Gasteiger partial charge in [-0.1, -0.05) is 12.1 Å². The molecule has 0 atom stereocenters. The van der Waals surface area contributed by atoms with Gasteiger partial charge in [-0.3, -0.25) is 10.1 Å². The molecule has 5 nitrogen and oxygen atoms in total. The summed E-state index contributed by atoms with van der Waals surface area (Å²) >= 11 is 0. The van der Waals surface area contributed by atoms with Crippen molar-refractivity contribution in [2.75, 3.05) is 12.4 Å². The normalized spacial score (nSPS) is 10.3. The predicted molar refractivity (Wildman–Crippen MR) is 73.5 cm³/mol. The first-order valence-electron chi connectivity index (χ1n) is 5.89. The van der Waals surface area contributed by atoms with Crippen LogP contribution in [-0.4, -0.2) is 12.0 Å². The van der Waals surface area contributed by atoms with Crippen LogP contribution in [0.1, 0.15) is 5.56 Å². The molecule has 0 bridgehead atoms. The fourth-order valence-corrected chi connectivity index (χ4v) is 1.78. The van der Waals surface area contributed by atoms with Crippen LogP contribution in [0.5, 0.6) is 0 Å². The van der Waals surface area contributed by atoms with Crippen LogP contribution >= 0.6 is 0 Å². The van der Waals surface area contributed by atoms with E-state index in [1.54, 1.807) is 13.2 Å². The monoisotopic (exact) mass is 276 g/mol. The minimum Gasteiger partial charge on any atom is -0.380 e. The number of halogens is 1. The van der Waals surface area contributed by atoms with E-state index in [1.807, 2.05) is 18.2 Å². The number of hydrogen-bond acceptors (Lipinski definition) is 4. The van der Waals surface area contributed by atoms with Crippen LogP contribution in [0.2, 0.25) is 0 Å². The zero-order valence-electron chi connectivity index (χ0n) is 10.8. The number of non-ortho nitro benzene ring substituents is 1. The molecule has 6 heteroatoms. The van der Waals surface area contributed by atoms with Crippen molar-refractivity contribution in [2.24, 2.45) is 0 Å². The number of nitro benzene ring substituents is 1. The Labute approximate surface area is 115 Å². The van der Waals surface area contributed by atoms with Crippen molar-refractivity contribution in [3.05, 3.63) is 64.0 Å². The first kappa shape index (κ1) is 14.0. The van der Waals surface area contributed by atoms with Gasteiger partial charge in [-0.2, -0.15) is 0 Å². The molecule has 0 aliphatic carbocycles. The lowest BCUT2D eigenvalue weighted by Gasteiger charge is -2.09. The molecular weight excluding hydrogens is 263 g/mol. The average molecular weight is 276 g/mol. The second-order valence-corrected chi connectivity index (χ2v) is 4.18. The van der Waals surface area contributed by atoms with Crippen LogP contribution in [-0.2, 0) is 11.3 Å². The summed E-state index contributed by atoms with van der Waals surface area (Å²) in [5, 5.41) is 13.4. The number of benzene rings is 2. The standard InChI is InChI=1S/C14H13FN2O3/c1-20-9-10-3-2-4-11(7-10)16-14-6-5-12(17(18)19)8-13(14)15/h2-8,16H,9H2,1H3. The summed E-state index contributed by atoms with van der Waals surface area (Å²) in [4.78, 5) is 9.91. The molecule has 0 unspecified atom stereocenters. The number of methoxy groups -OCH3 is 1. The predicted octanol–water partition coefficient (Wildman–Crippen LogP) is 3.62. The minimum atomic E-state index is -0.670. The molecule has 0 saturated heterocycles. The molecule has 0 saturated carbocycles. The lowest BCUT2D eigenvalue weighted by Crippen LogP contribution is -1.97. The highest BCUT2D eigenvalue weighted by Gasteiger charge is 2.10. The van der Waals surface area contributed by atoms with Gasteiger partial charge in [0.05, 0.1) is 23.3 Å². The second-order valence-electron chi connectivity index (χ2n) is 4.18. The van der Waals surface area contributed by atoms with Crippen molar-refractivity contribution < 1.29 is 14.1 Å². The minimum absolute atomic E-state index is 0.185. The zero-order chi connectivity index (χ0) is 14.5. The van der Waals surface area contributed by atoms with Gasteiger partial charge in [0.1, 0.15) is 0 Å². The molecule has 0 aliphatic rings. The molecule has 0 spiro atoms. The number of nitrogens with one attached hydrogen (secondary N) is 1. The van der Waals surface area contributed by atoms with Crippen LogP contribution < -0.4 is 5.32 Å². The van der Waals surface area contributed by atoms with E-state index in [9.17, 15) is 14.5 Å². The van der Waals surface area contributed by atoms with E-state index in [0.717, 1.165) is 11.6 Å². The number of nitro groups is 1. The SMILES string of the molecule is COCc1cccc(Nc2ccc([N+](=O)[O-])cc2F)c1. The van der Waals surface area contributed by atoms with E-state index in [4.69, 9.17) is 4.74 Å². The second kappa shape index (κ2) is 6.12. The Morgan fingerprint density at radius 1 is 1.30 bits per heavy atom. The van der Waals surface area contributed by atoms with Crippen LogP contribution in [0.4, 0.5) is 21.5 Å². The fraction of sp³-hybridized carbons (Fsp3) is 0.143. The van der Waals surface area contributed by atoms with E-state index in [0.29, 0.717) is 12.3 Å². The summed E-state index contributed by atoms with van der Waals surface area (Å²) in [6.45, 7) is 0.457. The van der Waals surface area contributed by atoms with Crippen molar-refractivity contribution in [2.45, 2.75) is 6.61 Å². The maximum absolute atomic E-state index is 13.8. The molecule has 1 N–H and O–H groups in total. The highest BCUT2D eigenvalue weighted by atomic mass is 19.1. The van der Waals surface area contributed by atoms with E-state index in [1.165, 1.54) is 12.1 Å². The van der Waals surface area contributed by atoms with Gasteiger partial charge >= 0.3 is 0 Å². The van der Waals surface area contributed by atoms with Crippen LogP contribution in [0.3, 0.4) is 0 Å². The van der Waals surface area contributed by atoms with Gasteiger partial charge in [0, 0.05) is 18.9 Å². The third kappa shape index (κ3) is 3.30. The number of hydrogen-bond donors (Lipinski definition) is 1. The highest BCUT2D eigenvalue weighted by molar-refractivity contribution is 5.62. The molecule has 2 rings (SSSR count). The van der Waals surface area contributed by atoms with Gasteiger partial charge in [-0.15, -0.1) is 0 Å². The molecule has 104 valence electrons. The van der Waals surface area contributed by atoms with Gasteiger partial charge in [-0.05, 0) is 23.8 Å². The Kier molecular flexibility index (Phi) is 4.27. The van der Waals surface area contributed by atoms with E-state index < -0.39 is 10.7 Å². The summed E-state index contributed by atoms with van der Waals surface area (Å²) in [6, 6.07) is 10.8. The number of anilines is 2. The van der Waals surface area contributed by atoms with Crippen LogP contribution in [0, 0.1) is 15.9 Å². The van der Waals surface area contributed by atoms with Gasteiger partial charge in [0.15, 0.2) is 5.82 Å². The van der Waals surface area contributed by atoms with Crippen molar-refractivity contribution in [1.82, 2.24) is 0 Å². The molecule has 0 amide bonds. The third-order valence-corrected chi connectivity index (χ3v) is 2.68. The molecule has 0 fully saturated rings. The first-order valence-corrected chi connectivity index (χ1v) is 5.89. The van der Waals surface area contributed by atoms with Crippen molar-refractivity contribution >= 4 is 17.1 Å². The fourth-order valence-electron chi connectivity index (χ4n) is 1.78. The molecule has 0 aliphatic heterocycles. The Bertz CT molecular complexity index is 632. The maximum atomic E-state index is 13.8. The average Bonchev–Trinajstić information content (AvgIpc) is 2.42. The Hall–Kier alpha value is -2.47. The van der Waals surface area contributed by atoms with E-state index in [2.05, 4.69) is 5.32 Å². The van der Waals surface area contributed by atoms with E-state index >= 15 is 0 Å². The summed E-state index contributed by atoms with van der Waals surface area (Å²) in [5.74, 6) is -0.670. The summed E-state index contributed by atoms with van der Waals surface area (Å²) in [5.41, 5.74) is 1.54. The lowest BCUT2D eigenvalue weighted by atomic mass is 10.2. The number of nitrogens with zero attached hydrogens (tertiary/aromatic N) is 1. The summed E-state index contributed by atoms with van der Waals surface area (Å²) < 4.78 is 18.8. The molecule has 2 aromatic carbocycles. The Morgan fingerprint density at radius 3 is 2.75 bits per heavy atom. The molecule has 0 heterocycles. The highest BCUT2D eigenvalue weighted by Crippen LogP contribution is 2.24. The van der Waals surface area contributed by atoms with Crippen molar-refractivity contribution in [3.63, 3.8) is 0 Å². The molecule has 2 aromatic rings. The summed E-state index contributed by atoms with van der Waals surface area (Å²) in [6.07, 6.45) is 0. The van der Waals surface area contributed by atoms with Gasteiger partial charge in [0.2, 0.25) is 0 Å². The molecular formula is C14H13FN2O3. The number of rotatable bonds is 5. The molecule has 20 heavy (non-hydrogen) atoms. The lowest BCUT2D eigenvalue weighted by molar-refractivity contribution is -0.385. The van der Waals surface area contributed by atoms with E-state index in [-0.39, 0.29) is 11.4 Å². The topological polar surface area (TPSA) is 64.4 Å². The quantitative estimate of drug-likeness (QED) is 0.669. The Balaban J connectivity index is 2.21. The zero-order valence-corrected chi connectivity index (χ0v) is 10.8. The molecule has 0 radical (unpaired) electrons. The van der Waals surface area contributed by atoms with Crippen molar-refractivity contribution in [3.8, 4) is 0 Å². The maximum Gasteiger partial charge on any atom is 0.272 e.